The second-order valence-corrected chi connectivity index (χ2v) is 7.58. The smallest absolute Gasteiger partial charge is 0.227 e. The number of ether oxygens (including phenoxy) is 1. The number of rotatable bonds is 5. The Labute approximate surface area is 181 Å². The highest BCUT2D eigenvalue weighted by Gasteiger charge is 2.23. The van der Waals surface area contributed by atoms with Crippen LogP contribution < -0.4 is 9.64 Å². The van der Waals surface area contributed by atoms with Crippen LogP contribution in [0.5, 0.6) is 5.75 Å². The van der Waals surface area contributed by atoms with Crippen molar-refractivity contribution >= 4 is 23.3 Å². The second kappa shape index (κ2) is 9.13. The first-order valence-electron chi connectivity index (χ1n) is 9.88. The summed E-state index contributed by atoms with van der Waals surface area (Å²) < 4.78 is 5.36. The van der Waals surface area contributed by atoms with Gasteiger partial charge in [0.2, 0.25) is 5.91 Å². The zero-order chi connectivity index (χ0) is 20.9. The molecule has 1 fully saturated rings. The largest absolute Gasteiger partial charge is 0.496 e. The molecule has 1 aliphatic rings. The van der Waals surface area contributed by atoms with E-state index in [1.54, 1.807) is 7.11 Å². The Kier molecular flexibility index (Phi) is 6.14. The van der Waals surface area contributed by atoms with E-state index in [4.69, 9.17) is 16.3 Å². The highest BCUT2D eigenvalue weighted by Crippen LogP contribution is 2.22. The summed E-state index contributed by atoms with van der Waals surface area (Å²) in [7, 11) is 1.63. The Morgan fingerprint density at radius 3 is 2.37 bits per heavy atom. The van der Waals surface area contributed by atoms with Crippen molar-refractivity contribution in [3.63, 3.8) is 0 Å². The van der Waals surface area contributed by atoms with Gasteiger partial charge in [0.25, 0.3) is 0 Å². The molecular formula is C23H23ClN4O2. The van der Waals surface area contributed by atoms with Gasteiger partial charge in [-0.25, -0.2) is 0 Å². The maximum absolute atomic E-state index is 12.7. The molecule has 6 nitrogen and oxygen atoms in total. The Morgan fingerprint density at radius 1 is 0.967 bits per heavy atom. The van der Waals surface area contributed by atoms with Crippen LogP contribution in [0.2, 0.25) is 5.02 Å². The number of hydrogen-bond acceptors (Lipinski definition) is 5. The lowest BCUT2D eigenvalue weighted by atomic mass is 10.1. The van der Waals surface area contributed by atoms with Gasteiger partial charge in [-0.3, -0.25) is 4.79 Å². The van der Waals surface area contributed by atoms with E-state index in [1.165, 1.54) is 0 Å². The number of para-hydroxylation sites is 1. The molecule has 0 bridgehead atoms. The van der Waals surface area contributed by atoms with Crippen LogP contribution in [0.15, 0.2) is 60.7 Å². The predicted octanol–water partition coefficient (Wildman–Crippen LogP) is 3.70. The van der Waals surface area contributed by atoms with E-state index < -0.39 is 0 Å². The maximum Gasteiger partial charge on any atom is 0.227 e. The summed E-state index contributed by atoms with van der Waals surface area (Å²) in [4.78, 5) is 16.8. The summed E-state index contributed by atoms with van der Waals surface area (Å²) in [5.41, 5.74) is 2.70. The monoisotopic (exact) mass is 422 g/mol. The van der Waals surface area contributed by atoms with Gasteiger partial charge in [0, 0.05) is 42.3 Å². The molecule has 1 saturated heterocycles. The minimum atomic E-state index is 0.114. The number of hydrogen-bond donors (Lipinski definition) is 0. The molecule has 7 heteroatoms. The summed E-state index contributed by atoms with van der Waals surface area (Å²) in [6.45, 7) is 2.78. The summed E-state index contributed by atoms with van der Waals surface area (Å²) in [6.07, 6.45) is 0.347. The van der Waals surface area contributed by atoms with Gasteiger partial charge in [-0.1, -0.05) is 41.9 Å². The topological polar surface area (TPSA) is 58.6 Å². The van der Waals surface area contributed by atoms with Gasteiger partial charge < -0.3 is 14.5 Å². The fourth-order valence-electron chi connectivity index (χ4n) is 3.58. The first-order valence-corrected chi connectivity index (χ1v) is 10.3. The first-order chi connectivity index (χ1) is 14.6. The molecule has 154 valence electrons. The Morgan fingerprint density at radius 2 is 1.70 bits per heavy atom. The average Bonchev–Trinajstić information content (AvgIpc) is 2.80. The lowest BCUT2D eigenvalue weighted by Gasteiger charge is -2.35. The third-order valence-electron chi connectivity index (χ3n) is 5.28. The lowest BCUT2D eigenvalue weighted by Crippen LogP contribution is -2.49. The summed E-state index contributed by atoms with van der Waals surface area (Å²) >= 11 is 5.94. The van der Waals surface area contributed by atoms with Crippen LogP contribution in [0.25, 0.3) is 11.3 Å². The number of anilines is 1. The fraction of sp³-hybridized carbons (Fsp3) is 0.261. The molecule has 1 amide bonds. The minimum absolute atomic E-state index is 0.114. The van der Waals surface area contributed by atoms with Crippen molar-refractivity contribution in [2.75, 3.05) is 38.2 Å². The molecule has 0 unspecified atom stereocenters. The molecular weight excluding hydrogens is 400 g/mol. The van der Waals surface area contributed by atoms with Gasteiger partial charge in [0.05, 0.1) is 19.2 Å². The molecule has 4 rings (SSSR count). The van der Waals surface area contributed by atoms with Gasteiger partial charge in [0.1, 0.15) is 5.75 Å². The lowest BCUT2D eigenvalue weighted by molar-refractivity contribution is -0.130. The Hall–Kier alpha value is -3.12. The zero-order valence-electron chi connectivity index (χ0n) is 16.8. The summed E-state index contributed by atoms with van der Waals surface area (Å²) in [5.74, 6) is 1.69. The van der Waals surface area contributed by atoms with Crippen molar-refractivity contribution in [2.24, 2.45) is 0 Å². The van der Waals surface area contributed by atoms with Crippen molar-refractivity contribution in [3.05, 3.63) is 71.2 Å². The maximum atomic E-state index is 12.7. The van der Waals surface area contributed by atoms with Crippen LogP contribution in [-0.4, -0.2) is 54.3 Å². The van der Waals surface area contributed by atoms with E-state index in [-0.39, 0.29) is 5.91 Å². The van der Waals surface area contributed by atoms with E-state index in [1.807, 2.05) is 65.6 Å². The molecule has 0 radical (unpaired) electrons. The Bertz CT molecular complexity index is 1000. The summed E-state index contributed by atoms with van der Waals surface area (Å²) in [6, 6.07) is 19.1. The van der Waals surface area contributed by atoms with Crippen molar-refractivity contribution in [3.8, 4) is 17.0 Å². The normalized spacial score (nSPS) is 13.9. The number of methoxy groups -OCH3 is 1. The third-order valence-corrected chi connectivity index (χ3v) is 5.53. The number of halogens is 1. The fourth-order valence-corrected chi connectivity index (χ4v) is 3.70. The SMILES string of the molecule is COc1ccccc1CC(=O)N1CCN(c2ccc(-c3ccc(Cl)cc3)nn2)CC1. The molecule has 2 aromatic carbocycles. The molecule has 0 spiro atoms. The minimum Gasteiger partial charge on any atom is -0.496 e. The quantitative estimate of drug-likeness (QED) is 0.627. The van der Waals surface area contributed by atoms with Crippen LogP contribution in [0.1, 0.15) is 5.56 Å². The van der Waals surface area contributed by atoms with Crippen molar-refractivity contribution in [2.45, 2.75) is 6.42 Å². The second-order valence-electron chi connectivity index (χ2n) is 7.14. The van der Waals surface area contributed by atoms with E-state index in [0.717, 1.165) is 41.5 Å². The van der Waals surface area contributed by atoms with Crippen LogP contribution in [0.3, 0.4) is 0 Å². The van der Waals surface area contributed by atoms with E-state index >= 15 is 0 Å². The van der Waals surface area contributed by atoms with Gasteiger partial charge >= 0.3 is 0 Å². The number of nitrogens with zero attached hydrogens (tertiary/aromatic N) is 4. The van der Waals surface area contributed by atoms with Crippen molar-refractivity contribution in [1.82, 2.24) is 15.1 Å². The molecule has 0 atom stereocenters. The highest BCUT2D eigenvalue weighted by atomic mass is 35.5. The molecule has 1 aromatic heterocycles. The van der Waals surface area contributed by atoms with E-state index in [2.05, 4.69) is 15.1 Å². The molecule has 0 aliphatic carbocycles. The van der Waals surface area contributed by atoms with Crippen molar-refractivity contribution < 1.29 is 9.53 Å². The average molecular weight is 423 g/mol. The molecule has 2 heterocycles. The number of carbonyl (C=O) groups is 1. The standard InChI is InChI=1S/C23H23ClN4O2/c1-30-21-5-3-2-4-18(21)16-23(29)28-14-12-27(13-15-28)22-11-10-20(25-26-22)17-6-8-19(24)9-7-17/h2-11H,12-16H2,1H3. The third kappa shape index (κ3) is 4.54. The number of aromatic nitrogens is 2. The first kappa shape index (κ1) is 20.2. The van der Waals surface area contributed by atoms with Gasteiger partial charge in [0.15, 0.2) is 5.82 Å². The summed E-state index contributed by atoms with van der Waals surface area (Å²) in [5, 5.41) is 9.43. The van der Waals surface area contributed by atoms with Crippen molar-refractivity contribution in [1.29, 1.82) is 0 Å². The Balaban J connectivity index is 1.35. The van der Waals surface area contributed by atoms with Gasteiger partial charge in [-0.05, 0) is 30.3 Å². The number of carbonyl (C=O) groups excluding carboxylic acids is 1. The van der Waals surface area contributed by atoms with E-state index in [0.29, 0.717) is 24.5 Å². The van der Waals surface area contributed by atoms with Crippen LogP contribution >= 0.6 is 11.6 Å². The molecule has 0 N–H and O–H groups in total. The van der Waals surface area contributed by atoms with Gasteiger partial charge in [-0.15, -0.1) is 10.2 Å². The molecule has 1 aliphatic heterocycles. The number of piperazine rings is 1. The molecule has 30 heavy (non-hydrogen) atoms. The van der Waals surface area contributed by atoms with Crippen LogP contribution in [-0.2, 0) is 11.2 Å². The van der Waals surface area contributed by atoms with E-state index in [9.17, 15) is 4.79 Å². The van der Waals surface area contributed by atoms with Gasteiger partial charge in [-0.2, -0.15) is 0 Å². The highest BCUT2D eigenvalue weighted by molar-refractivity contribution is 6.30. The molecule has 3 aromatic rings. The number of benzene rings is 2. The van der Waals surface area contributed by atoms with Crippen LogP contribution in [0, 0.1) is 0 Å². The zero-order valence-corrected chi connectivity index (χ0v) is 17.5. The number of amides is 1. The molecule has 0 saturated carbocycles. The van der Waals surface area contributed by atoms with Crippen LogP contribution in [0.4, 0.5) is 5.82 Å². The predicted molar refractivity (Wildman–Crippen MR) is 118 cm³/mol.